The number of nitriles is 1. The lowest BCUT2D eigenvalue weighted by molar-refractivity contribution is 0.0756. The second-order valence-corrected chi connectivity index (χ2v) is 5.33. The van der Waals surface area contributed by atoms with Gasteiger partial charge in [-0.1, -0.05) is 27.7 Å². The summed E-state index contributed by atoms with van der Waals surface area (Å²) in [5.41, 5.74) is 0.138. The maximum atomic E-state index is 11.4. The molecule has 0 aliphatic carbocycles. The SMILES string of the molecule is CC.CCS(=O)N1CC(CC)(CC#N)C1. The van der Waals surface area contributed by atoms with Crippen LogP contribution in [-0.4, -0.2) is 27.4 Å². The molecule has 0 aromatic heterocycles. The average molecular weight is 230 g/mol. The van der Waals surface area contributed by atoms with Gasteiger partial charge in [-0.25, -0.2) is 8.51 Å². The zero-order chi connectivity index (χ0) is 11.9. The molecule has 0 saturated carbocycles. The first-order valence-corrected chi connectivity index (χ1v) is 6.95. The molecule has 0 spiro atoms. The van der Waals surface area contributed by atoms with Crippen LogP contribution in [0.15, 0.2) is 0 Å². The first kappa shape index (κ1) is 14.6. The molecule has 1 aliphatic rings. The van der Waals surface area contributed by atoms with Crippen LogP contribution in [0.3, 0.4) is 0 Å². The third-order valence-corrected chi connectivity index (χ3v) is 4.09. The van der Waals surface area contributed by atoms with Gasteiger partial charge in [0.15, 0.2) is 0 Å². The third-order valence-electron chi connectivity index (χ3n) is 2.76. The van der Waals surface area contributed by atoms with Crippen molar-refractivity contribution in [3.8, 4) is 6.07 Å². The van der Waals surface area contributed by atoms with Crippen LogP contribution in [0.2, 0.25) is 0 Å². The van der Waals surface area contributed by atoms with E-state index >= 15 is 0 Å². The van der Waals surface area contributed by atoms with E-state index in [-0.39, 0.29) is 5.41 Å². The second-order valence-electron chi connectivity index (χ2n) is 3.60. The first-order chi connectivity index (χ1) is 7.17. The van der Waals surface area contributed by atoms with Crippen LogP contribution in [0, 0.1) is 16.7 Å². The standard InChI is InChI=1S/C9H16N2OS.C2H6/c1-3-9(5-6-10)7-11(8-9)13(12)4-2;1-2/h3-5,7-8H2,1-2H3;1-2H3. The molecule has 1 unspecified atom stereocenters. The fraction of sp³-hybridized carbons (Fsp3) is 0.909. The molecule has 1 rings (SSSR count). The van der Waals surface area contributed by atoms with Crippen molar-refractivity contribution in [2.24, 2.45) is 5.41 Å². The molecular weight excluding hydrogens is 208 g/mol. The van der Waals surface area contributed by atoms with Crippen molar-refractivity contribution in [1.29, 1.82) is 5.26 Å². The molecule has 0 N–H and O–H groups in total. The molecule has 0 radical (unpaired) electrons. The summed E-state index contributed by atoms with van der Waals surface area (Å²) < 4.78 is 13.3. The van der Waals surface area contributed by atoms with Crippen LogP contribution in [0.1, 0.15) is 40.5 Å². The molecular formula is C11H22N2OS. The average Bonchev–Trinajstić information content (AvgIpc) is 2.24. The maximum absolute atomic E-state index is 11.4. The van der Waals surface area contributed by atoms with E-state index < -0.39 is 11.0 Å². The highest BCUT2D eigenvalue weighted by molar-refractivity contribution is 7.82. The predicted molar refractivity (Wildman–Crippen MR) is 64.6 cm³/mol. The van der Waals surface area contributed by atoms with Crippen LogP contribution in [0.4, 0.5) is 0 Å². The van der Waals surface area contributed by atoms with Gasteiger partial charge in [0, 0.05) is 30.7 Å². The van der Waals surface area contributed by atoms with E-state index in [2.05, 4.69) is 13.0 Å². The summed E-state index contributed by atoms with van der Waals surface area (Å²) in [4.78, 5) is 0. The summed E-state index contributed by atoms with van der Waals surface area (Å²) in [6, 6.07) is 2.21. The van der Waals surface area contributed by atoms with Gasteiger partial charge in [0.2, 0.25) is 0 Å². The van der Waals surface area contributed by atoms with Crippen molar-refractivity contribution in [2.75, 3.05) is 18.8 Å². The second kappa shape index (κ2) is 6.97. The summed E-state index contributed by atoms with van der Waals surface area (Å²) in [7, 11) is -0.813. The largest absolute Gasteiger partial charge is 0.243 e. The molecule has 4 heteroatoms. The molecule has 1 heterocycles. The van der Waals surface area contributed by atoms with E-state index in [9.17, 15) is 4.21 Å². The molecule has 0 aromatic rings. The highest BCUT2D eigenvalue weighted by atomic mass is 32.2. The Morgan fingerprint density at radius 2 is 1.93 bits per heavy atom. The highest BCUT2D eigenvalue weighted by Gasteiger charge is 2.43. The van der Waals surface area contributed by atoms with Gasteiger partial charge in [-0.05, 0) is 6.42 Å². The van der Waals surface area contributed by atoms with Crippen LogP contribution in [-0.2, 0) is 11.0 Å². The highest BCUT2D eigenvalue weighted by Crippen LogP contribution is 2.37. The zero-order valence-corrected chi connectivity index (χ0v) is 11.1. The molecule has 3 nitrogen and oxygen atoms in total. The fourth-order valence-corrected chi connectivity index (χ4v) is 2.86. The van der Waals surface area contributed by atoms with E-state index in [0.29, 0.717) is 12.2 Å². The van der Waals surface area contributed by atoms with E-state index in [0.717, 1.165) is 19.5 Å². The summed E-state index contributed by atoms with van der Waals surface area (Å²) >= 11 is 0. The minimum absolute atomic E-state index is 0.138. The Hall–Kier alpha value is -0.400. The van der Waals surface area contributed by atoms with Gasteiger partial charge >= 0.3 is 0 Å². The van der Waals surface area contributed by atoms with Crippen LogP contribution in [0.25, 0.3) is 0 Å². The lowest BCUT2D eigenvalue weighted by Gasteiger charge is -2.47. The van der Waals surface area contributed by atoms with Gasteiger partial charge in [-0.15, -0.1) is 0 Å². The third kappa shape index (κ3) is 3.58. The molecule has 1 saturated heterocycles. The zero-order valence-electron chi connectivity index (χ0n) is 10.2. The van der Waals surface area contributed by atoms with Crippen LogP contribution in [0.5, 0.6) is 0 Å². The van der Waals surface area contributed by atoms with Crippen molar-refractivity contribution >= 4 is 11.0 Å². The van der Waals surface area contributed by atoms with E-state index in [1.165, 1.54) is 0 Å². The van der Waals surface area contributed by atoms with E-state index in [1.807, 2.05) is 25.1 Å². The lowest BCUT2D eigenvalue weighted by atomic mass is 9.77. The van der Waals surface area contributed by atoms with E-state index in [1.54, 1.807) is 0 Å². The van der Waals surface area contributed by atoms with Crippen molar-refractivity contribution in [3.05, 3.63) is 0 Å². The topological polar surface area (TPSA) is 44.1 Å². The summed E-state index contributed by atoms with van der Waals surface area (Å²) in [5.74, 6) is 0.687. The number of rotatable bonds is 4. The Morgan fingerprint density at radius 1 is 1.40 bits per heavy atom. The van der Waals surface area contributed by atoms with E-state index in [4.69, 9.17) is 5.26 Å². The van der Waals surface area contributed by atoms with Crippen LogP contribution >= 0.6 is 0 Å². The quantitative estimate of drug-likeness (QED) is 0.744. The predicted octanol–water partition coefficient (Wildman–Crippen LogP) is 2.32. The summed E-state index contributed by atoms with van der Waals surface area (Å²) in [6.45, 7) is 9.69. The van der Waals surface area contributed by atoms with Gasteiger partial charge in [0.1, 0.15) is 0 Å². The van der Waals surface area contributed by atoms with Crippen LogP contribution < -0.4 is 0 Å². The van der Waals surface area contributed by atoms with Crippen molar-refractivity contribution in [3.63, 3.8) is 0 Å². The van der Waals surface area contributed by atoms with Gasteiger partial charge in [0.05, 0.1) is 17.1 Å². The Balaban J connectivity index is 0.000000921. The Kier molecular flexibility index (Phi) is 6.78. The van der Waals surface area contributed by atoms with Crippen molar-refractivity contribution < 1.29 is 4.21 Å². The minimum Gasteiger partial charge on any atom is -0.243 e. The monoisotopic (exact) mass is 230 g/mol. The molecule has 1 aliphatic heterocycles. The number of hydrogen-bond donors (Lipinski definition) is 0. The molecule has 0 amide bonds. The molecule has 0 aromatic carbocycles. The Morgan fingerprint density at radius 3 is 2.27 bits per heavy atom. The number of nitrogens with zero attached hydrogens (tertiary/aromatic N) is 2. The molecule has 15 heavy (non-hydrogen) atoms. The smallest absolute Gasteiger partial charge is 0.0940 e. The number of hydrogen-bond acceptors (Lipinski definition) is 2. The van der Waals surface area contributed by atoms with Gasteiger partial charge < -0.3 is 0 Å². The normalized spacial score (nSPS) is 20.5. The Labute approximate surface area is 96.1 Å². The van der Waals surface area contributed by atoms with Gasteiger partial charge in [-0.2, -0.15) is 5.26 Å². The summed E-state index contributed by atoms with van der Waals surface area (Å²) in [5, 5.41) is 8.64. The molecule has 88 valence electrons. The van der Waals surface area contributed by atoms with Crippen molar-refractivity contribution in [2.45, 2.75) is 40.5 Å². The first-order valence-electron chi connectivity index (χ1n) is 5.68. The fourth-order valence-electron chi connectivity index (χ4n) is 1.66. The molecule has 1 fully saturated rings. The van der Waals surface area contributed by atoms with Gasteiger partial charge in [0.25, 0.3) is 0 Å². The summed E-state index contributed by atoms with van der Waals surface area (Å²) in [6.07, 6.45) is 1.61. The lowest BCUT2D eigenvalue weighted by Crippen LogP contribution is -2.56. The molecule has 0 bridgehead atoms. The minimum atomic E-state index is -0.813. The van der Waals surface area contributed by atoms with Gasteiger partial charge in [-0.3, -0.25) is 0 Å². The van der Waals surface area contributed by atoms with Crippen molar-refractivity contribution in [1.82, 2.24) is 4.31 Å². The Bertz CT molecular complexity index is 241. The molecule has 1 atom stereocenters. The maximum Gasteiger partial charge on any atom is 0.0940 e.